The first-order valence-electron chi connectivity index (χ1n) is 14.8. The standard InChI is InChI=1S/2C21H17.2ClH.2Hf/c2*1-14-8-3-4-10-16(14)21-18-12-6-5-11-17(18)20-15(2)9-7-13-19(20)21;;;;/h2*3-13H,1-2H3;2*1H;;/q2*-1;;;;. The van der Waals surface area contributed by atoms with Crippen LogP contribution in [0.3, 0.4) is 0 Å². The maximum Gasteiger partial charge on any atom is 0 e. The van der Waals surface area contributed by atoms with Crippen molar-refractivity contribution in [3.05, 3.63) is 156 Å². The van der Waals surface area contributed by atoms with Gasteiger partial charge in [-0.2, -0.15) is 0 Å². The van der Waals surface area contributed by atoms with Gasteiger partial charge >= 0.3 is 0 Å². The Morgan fingerprint density at radius 1 is 0.326 bits per heavy atom. The Morgan fingerprint density at radius 3 is 1.02 bits per heavy atom. The second kappa shape index (κ2) is 16.0. The summed E-state index contributed by atoms with van der Waals surface area (Å²) in [6.45, 7) is 8.80. The van der Waals surface area contributed by atoms with E-state index in [1.54, 1.807) is 0 Å². The fraction of sp³-hybridized carbons (Fsp3) is 0.0952. The van der Waals surface area contributed by atoms with Gasteiger partial charge in [0.15, 0.2) is 0 Å². The van der Waals surface area contributed by atoms with E-state index in [1.165, 1.54) is 87.6 Å². The first kappa shape index (κ1) is 37.8. The molecule has 4 heteroatoms. The van der Waals surface area contributed by atoms with Crippen LogP contribution in [0, 0.1) is 27.7 Å². The molecule has 228 valence electrons. The summed E-state index contributed by atoms with van der Waals surface area (Å²) in [6.07, 6.45) is 0. The summed E-state index contributed by atoms with van der Waals surface area (Å²) in [7, 11) is 0. The Hall–Kier alpha value is -2.62. The van der Waals surface area contributed by atoms with Crippen molar-refractivity contribution < 1.29 is 51.7 Å². The fourth-order valence-electron chi connectivity index (χ4n) is 6.88. The van der Waals surface area contributed by atoms with E-state index in [-0.39, 0.29) is 76.5 Å². The van der Waals surface area contributed by atoms with Crippen LogP contribution in [0.15, 0.2) is 133 Å². The molecule has 0 radical (unpaired) electrons. The number of fused-ring (bicyclic) bond motifs is 6. The molecule has 0 spiro atoms. The van der Waals surface area contributed by atoms with Crippen LogP contribution in [0.5, 0.6) is 0 Å². The quantitative estimate of drug-likeness (QED) is 0.120. The van der Waals surface area contributed by atoms with E-state index in [9.17, 15) is 0 Å². The molecular formula is C42H36Cl2Hf2-2. The van der Waals surface area contributed by atoms with Crippen molar-refractivity contribution in [3.8, 4) is 22.3 Å². The van der Waals surface area contributed by atoms with Crippen LogP contribution in [0.2, 0.25) is 0 Å². The molecule has 0 atom stereocenters. The number of benzene rings is 6. The summed E-state index contributed by atoms with van der Waals surface area (Å²) >= 11 is 0. The van der Waals surface area contributed by atoms with Gasteiger partial charge in [-0.1, -0.05) is 235 Å². The van der Waals surface area contributed by atoms with E-state index in [1.807, 2.05) is 0 Å². The van der Waals surface area contributed by atoms with Crippen molar-refractivity contribution in [1.29, 1.82) is 0 Å². The summed E-state index contributed by atoms with van der Waals surface area (Å²) in [5.74, 6) is 0. The van der Waals surface area contributed by atoms with Crippen LogP contribution < -0.4 is 0 Å². The fourth-order valence-corrected chi connectivity index (χ4v) is 6.88. The maximum absolute atomic E-state index is 2.25. The first-order valence-corrected chi connectivity index (χ1v) is 14.8. The third-order valence-electron chi connectivity index (χ3n) is 8.84. The molecule has 0 saturated heterocycles. The Labute approximate surface area is 322 Å². The normalized spacial score (nSPS) is 10.3. The average molecular weight is 969 g/mol. The van der Waals surface area contributed by atoms with Gasteiger partial charge in [-0.3, -0.25) is 0 Å². The van der Waals surface area contributed by atoms with Crippen LogP contribution in [-0.4, -0.2) is 0 Å². The molecule has 8 aromatic rings. The molecule has 0 heterocycles. The zero-order chi connectivity index (χ0) is 28.8. The average Bonchev–Trinajstić information content (AvgIpc) is 3.53. The van der Waals surface area contributed by atoms with Gasteiger partial charge in [0.1, 0.15) is 0 Å². The van der Waals surface area contributed by atoms with Gasteiger partial charge in [-0.15, -0.1) is 24.8 Å². The van der Waals surface area contributed by atoms with E-state index in [0.29, 0.717) is 0 Å². The molecule has 0 aliphatic rings. The molecule has 0 nitrogen and oxygen atoms in total. The maximum atomic E-state index is 2.25. The Bertz CT molecular complexity index is 2090. The number of halogens is 2. The van der Waals surface area contributed by atoms with Crippen molar-refractivity contribution >= 4 is 67.9 Å². The third kappa shape index (κ3) is 6.56. The molecule has 46 heavy (non-hydrogen) atoms. The zero-order valence-corrected chi connectivity index (χ0v) is 35.3. The molecular weight excluding hydrogens is 932 g/mol. The minimum atomic E-state index is 0. The predicted molar refractivity (Wildman–Crippen MR) is 198 cm³/mol. The largest absolute Gasteiger partial charge is 0.147 e. The van der Waals surface area contributed by atoms with E-state index in [4.69, 9.17) is 0 Å². The molecule has 0 amide bonds. The number of rotatable bonds is 2. The molecule has 0 saturated carbocycles. The molecule has 0 unspecified atom stereocenters. The van der Waals surface area contributed by atoms with Gasteiger partial charge < -0.3 is 0 Å². The second-order valence-corrected chi connectivity index (χ2v) is 11.5. The van der Waals surface area contributed by atoms with Gasteiger partial charge in [0, 0.05) is 51.7 Å². The third-order valence-corrected chi connectivity index (χ3v) is 8.84. The monoisotopic (exact) mass is 970 g/mol. The Morgan fingerprint density at radius 2 is 0.630 bits per heavy atom. The van der Waals surface area contributed by atoms with Crippen molar-refractivity contribution in [3.63, 3.8) is 0 Å². The molecule has 0 aromatic heterocycles. The molecule has 0 N–H and O–H groups in total. The SMILES string of the molecule is Cc1ccccc1-[c-]1c2ccccc2c2c(C)cccc21.Cc1ccccc1-[c-]1c2ccccc2c2c(C)cccc21.Cl.Cl.[Hf].[Hf]. The molecule has 8 aromatic carbocycles. The number of hydrogen-bond donors (Lipinski definition) is 0. The Balaban J connectivity index is 0.000000230. The van der Waals surface area contributed by atoms with E-state index in [0.717, 1.165) is 0 Å². The van der Waals surface area contributed by atoms with E-state index < -0.39 is 0 Å². The molecule has 0 bridgehead atoms. The number of hydrogen-bond acceptors (Lipinski definition) is 0. The van der Waals surface area contributed by atoms with E-state index in [2.05, 4.69) is 161 Å². The van der Waals surface area contributed by atoms with Crippen LogP contribution in [0.4, 0.5) is 0 Å². The predicted octanol–water partition coefficient (Wildman–Crippen LogP) is 12.8. The van der Waals surface area contributed by atoms with Crippen molar-refractivity contribution in [2.45, 2.75) is 27.7 Å². The topological polar surface area (TPSA) is 0 Å². The van der Waals surface area contributed by atoms with Gasteiger partial charge in [-0.05, 0) is 13.8 Å². The van der Waals surface area contributed by atoms with Crippen LogP contribution in [0.1, 0.15) is 22.3 Å². The van der Waals surface area contributed by atoms with Crippen molar-refractivity contribution in [1.82, 2.24) is 0 Å². The zero-order valence-electron chi connectivity index (χ0n) is 26.5. The summed E-state index contributed by atoms with van der Waals surface area (Å²) < 4.78 is 0. The van der Waals surface area contributed by atoms with Gasteiger partial charge in [-0.25, -0.2) is 0 Å². The van der Waals surface area contributed by atoms with Gasteiger partial charge in [0.2, 0.25) is 0 Å². The minimum absolute atomic E-state index is 0. The molecule has 0 aliphatic carbocycles. The van der Waals surface area contributed by atoms with Crippen LogP contribution >= 0.6 is 24.8 Å². The number of aryl methyl sites for hydroxylation is 4. The van der Waals surface area contributed by atoms with Gasteiger partial charge in [0.25, 0.3) is 0 Å². The van der Waals surface area contributed by atoms with Crippen LogP contribution in [0.25, 0.3) is 65.3 Å². The van der Waals surface area contributed by atoms with Gasteiger partial charge in [0.05, 0.1) is 0 Å². The summed E-state index contributed by atoms with van der Waals surface area (Å²) in [5, 5.41) is 11.0. The second-order valence-electron chi connectivity index (χ2n) is 11.5. The van der Waals surface area contributed by atoms with Crippen LogP contribution in [-0.2, 0) is 51.7 Å². The summed E-state index contributed by atoms with van der Waals surface area (Å²) in [6, 6.07) is 48.1. The summed E-state index contributed by atoms with van der Waals surface area (Å²) in [4.78, 5) is 0. The van der Waals surface area contributed by atoms with Crippen molar-refractivity contribution in [2.75, 3.05) is 0 Å². The minimum Gasteiger partial charge on any atom is -0.147 e. The van der Waals surface area contributed by atoms with E-state index >= 15 is 0 Å². The Kier molecular flexibility index (Phi) is 13.1. The van der Waals surface area contributed by atoms with Crippen molar-refractivity contribution in [2.24, 2.45) is 0 Å². The smallest absolute Gasteiger partial charge is 0 e. The molecule has 0 aliphatic heterocycles. The summed E-state index contributed by atoms with van der Waals surface area (Å²) in [5.41, 5.74) is 10.8. The first-order chi connectivity index (χ1) is 20.5. The molecule has 0 fully saturated rings. The molecule has 8 rings (SSSR count).